The molecule has 0 spiro atoms. The number of likely N-dealkylation sites (tertiary alicyclic amines) is 1. The first-order valence-electron chi connectivity index (χ1n) is 12.0. The summed E-state index contributed by atoms with van der Waals surface area (Å²) in [5.41, 5.74) is 7.56. The monoisotopic (exact) mass is 554 g/mol. The van der Waals surface area contributed by atoms with Crippen molar-refractivity contribution in [1.29, 1.82) is 5.41 Å². The van der Waals surface area contributed by atoms with E-state index in [1.807, 2.05) is 60.7 Å². The van der Waals surface area contributed by atoms with Gasteiger partial charge >= 0.3 is 0 Å². The Morgan fingerprint density at radius 3 is 2.21 bits per heavy atom. The number of benzene rings is 2. The second kappa shape index (κ2) is 11.9. The number of carbonyl (C=O) groups excluding carboxylic acids is 2. The molecule has 200 valence electrons. The van der Waals surface area contributed by atoms with Gasteiger partial charge in [0.25, 0.3) is 10.2 Å². The molecule has 2 amide bonds. The lowest BCUT2D eigenvalue weighted by Gasteiger charge is -2.33. The summed E-state index contributed by atoms with van der Waals surface area (Å²) in [7, 11) is -4.27. The number of nitrogens with two attached hydrogens (primary N) is 2. The van der Waals surface area contributed by atoms with Gasteiger partial charge in [-0.2, -0.15) is 13.1 Å². The molecule has 1 aromatic heterocycles. The van der Waals surface area contributed by atoms with E-state index in [-0.39, 0.29) is 18.3 Å². The summed E-state index contributed by atoms with van der Waals surface area (Å²) in [6, 6.07) is 18.0. The third kappa shape index (κ3) is 6.64. The first kappa shape index (κ1) is 27.5. The fourth-order valence-electron chi connectivity index (χ4n) is 4.72. The number of rotatable bonds is 10. The van der Waals surface area contributed by atoms with Crippen LogP contribution in [0.5, 0.6) is 0 Å². The molecule has 2 heterocycles. The molecule has 1 aliphatic heterocycles. The highest BCUT2D eigenvalue weighted by molar-refractivity contribution is 7.87. The maximum absolute atomic E-state index is 14.0. The lowest BCUT2D eigenvalue weighted by molar-refractivity contribution is -0.140. The highest BCUT2D eigenvalue weighted by Crippen LogP contribution is 2.31. The van der Waals surface area contributed by atoms with E-state index in [9.17, 15) is 18.0 Å². The summed E-state index contributed by atoms with van der Waals surface area (Å²) in [5, 5.41) is 17.5. The van der Waals surface area contributed by atoms with Crippen molar-refractivity contribution in [1.82, 2.24) is 14.9 Å². The molecule has 1 saturated heterocycles. The van der Waals surface area contributed by atoms with E-state index in [4.69, 9.17) is 16.3 Å². The number of nitrogens with one attached hydrogen (secondary N) is 3. The van der Waals surface area contributed by atoms with Gasteiger partial charge in [-0.15, -0.1) is 11.3 Å². The van der Waals surface area contributed by atoms with Crippen LogP contribution >= 0.6 is 11.3 Å². The fourth-order valence-corrected chi connectivity index (χ4v) is 6.14. The van der Waals surface area contributed by atoms with Crippen molar-refractivity contribution in [2.24, 2.45) is 10.9 Å². The number of carbonyl (C=O) groups is 2. The maximum atomic E-state index is 14.0. The van der Waals surface area contributed by atoms with E-state index >= 15 is 0 Å². The number of amidine groups is 1. The van der Waals surface area contributed by atoms with Crippen molar-refractivity contribution in [3.63, 3.8) is 0 Å². The molecule has 12 heteroatoms. The van der Waals surface area contributed by atoms with E-state index < -0.39 is 34.1 Å². The smallest absolute Gasteiger partial charge is 0.275 e. The molecular formula is C26H30N6O4S2. The van der Waals surface area contributed by atoms with Gasteiger partial charge in [-0.3, -0.25) is 15.0 Å². The molecule has 1 aliphatic rings. The molecule has 38 heavy (non-hydrogen) atoms. The Balaban J connectivity index is 1.61. The van der Waals surface area contributed by atoms with Crippen molar-refractivity contribution in [3.05, 3.63) is 93.7 Å². The van der Waals surface area contributed by atoms with Crippen LogP contribution in [0.3, 0.4) is 0 Å². The van der Waals surface area contributed by atoms with Gasteiger partial charge in [-0.1, -0.05) is 60.7 Å². The SMILES string of the molecule is N=C(N)c1csc(CNC(=O)[C@@H]2CCCN2C(=O)[C@H](NS(N)(=O)=O)C(c2ccccc2)c2ccccc2)c1. The van der Waals surface area contributed by atoms with Gasteiger partial charge in [0, 0.05) is 28.3 Å². The molecule has 0 aliphatic carbocycles. The summed E-state index contributed by atoms with van der Waals surface area (Å²) in [6.07, 6.45) is 1.05. The zero-order chi connectivity index (χ0) is 27.3. The second-order valence-corrected chi connectivity index (χ2v) is 11.4. The average molecular weight is 555 g/mol. The molecule has 0 radical (unpaired) electrons. The number of nitrogens with zero attached hydrogens (tertiary/aromatic N) is 1. The Kier molecular flexibility index (Phi) is 8.57. The number of hydrogen-bond donors (Lipinski definition) is 5. The Hall–Kier alpha value is -3.58. The molecule has 4 rings (SSSR count). The van der Waals surface area contributed by atoms with Crippen LogP contribution in [0.4, 0.5) is 0 Å². The van der Waals surface area contributed by atoms with Gasteiger partial charge < -0.3 is 16.0 Å². The summed E-state index contributed by atoms with van der Waals surface area (Å²) < 4.78 is 26.9. The van der Waals surface area contributed by atoms with Crippen LogP contribution in [0.15, 0.2) is 72.1 Å². The van der Waals surface area contributed by atoms with Gasteiger partial charge in [0.05, 0.1) is 6.54 Å². The van der Waals surface area contributed by atoms with E-state index in [2.05, 4.69) is 10.0 Å². The van der Waals surface area contributed by atoms with Gasteiger partial charge in [0.1, 0.15) is 17.9 Å². The van der Waals surface area contributed by atoms with Crippen molar-refractivity contribution in [3.8, 4) is 0 Å². The molecule has 10 nitrogen and oxygen atoms in total. The number of nitrogen functional groups attached to an aromatic ring is 1. The maximum Gasteiger partial charge on any atom is 0.275 e. The van der Waals surface area contributed by atoms with Crippen LogP contribution in [0, 0.1) is 5.41 Å². The molecule has 7 N–H and O–H groups in total. The molecule has 3 aromatic rings. The molecule has 0 unspecified atom stereocenters. The standard InChI is InChI=1S/C26H30N6O4S2/c27-24(28)19-14-20(37-16-19)15-30-25(33)21-12-7-13-32(21)26(34)23(31-38(29,35)36)22(17-8-3-1-4-9-17)18-10-5-2-6-11-18/h1-6,8-11,14,16,21-23,31H,7,12-13,15H2,(H3,27,28)(H,30,33)(H2,29,35,36)/t21-,23+/m0/s1. The Morgan fingerprint density at radius 1 is 1.08 bits per heavy atom. The quantitative estimate of drug-likeness (QED) is 0.189. The third-order valence-corrected chi connectivity index (χ3v) is 7.97. The first-order valence-corrected chi connectivity index (χ1v) is 14.5. The summed E-state index contributed by atoms with van der Waals surface area (Å²) >= 11 is 1.37. The van der Waals surface area contributed by atoms with Crippen LogP contribution in [0.2, 0.25) is 0 Å². The molecule has 2 atom stereocenters. The number of hydrogen-bond acceptors (Lipinski definition) is 6. The van der Waals surface area contributed by atoms with Gasteiger partial charge in [-0.05, 0) is 30.0 Å². The molecule has 1 fully saturated rings. The Morgan fingerprint density at radius 2 is 1.68 bits per heavy atom. The molecule has 2 aromatic carbocycles. The largest absolute Gasteiger partial charge is 0.384 e. The highest BCUT2D eigenvalue weighted by atomic mass is 32.2. The van der Waals surface area contributed by atoms with Crippen LogP contribution in [-0.2, 0) is 26.3 Å². The lowest BCUT2D eigenvalue weighted by atomic mass is 9.84. The molecular weight excluding hydrogens is 524 g/mol. The van der Waals surface area contributed by atoms with Crippen molar-refractivity contribution >= 4 is 39.2 Å². The molecule has 0 saturated carbocycles. The van der Waals surface area contributed by atoms with Gasteiger partial charge in [-0.25, -0.2) is 5.14 Å². The summed E-state index contributed by atoms with van der Waals surface area (Å²) in [4.78, 5) is 29.4. The van der Waals surface area contributed by atoms with Crippen molar-refractivity contribution in [2.75, 3.05) is 6.54 Å². The predicted octanol–water partition coefficient (Wildman–Crippen LogP) is 1.63. The van der Waals surface area contributed by atoms with Crippen molar-refractivity contribution in [2.45, 2.75) is 37.4 Å². The third-order valence-electron chi connectivity index (χ3n) is 6.45. The van der Waals surface area contributed by atoms with Gasteiger partial charge in [0.15, 0.2) is 0 Å². The summed E-state index contributed by atoms with van der Waals surface area (Å²) in [6.45, 7) is 0.536. The fraction of sp³-hybridized carbons (Fsp3) is 0.269. The summed E-state index contributed by atoms with van der Waals surface area (Å²) in [5.74, 6) is -1.59. The Bertz CT molecular complexity index is 1360. The van der Waals surface area contributed by atoms with Crippen LogP contribution in [-0.4, -0.2) is 49.6 Å². The van der Waals surface area contributed by atoms with Crippen LogP contribution in [0.25, 0.3) is 0 Å². The van der Waals surface area contributed by atoms with E-state index in [1.165, 1.54) is 16.2 Å². The minimum Gasteiger partial charge on any atom is -0.384 e. The minimum atomic E-state index is -4.27. The number of thiophene rings is 1. The zero-order valence-electron chi connectivity index (χ0n) is 20.5. The average Bonchev–Trinajstić information content (AvgIpc) is 3.57. The second-order valence-electron chi connectivity index (χ2n) is 9.06. The van der Waals surface area contributed by atoms with E-state index in [0.717, 1.165) is 16.0 Å². The first-order chi connectivity index (χ1) is 18.1. The van der Waals surface area contributed by atoms with Gasteiger partial charge in [0.2, 0.25) is 11.8 Å². The van der Waals surface area contributed by atoms with E-state index in [0.29, 0.717) is 24.9 Å². The normalized spacial score (nSPS) is 16.4. The lowest BCUT2D eigenvalue weighted by Crippen LogP contribution is -2.56. The molecule has 0 bridgehead atoms. The number of amides is 2. The highest BCUT2D eigenvalue weighted by Gasteiger charge is 2.42. The predicted molar refractivity (Wildman–Crippen MR) is 147 cm³/mol. The topological polar surface area (TPSA) is 171 Å². The Labute approximate surface area is 225 Å². The van der Waals surface area contributed by atoms with Crippen LogP contribution < -0.4 is 20.9 Å². The minimum absolute atomic E-state index is 0.0498. The van der Waals surface area contributed by atoms with Crippen LogP contribution in [0.1, 0.15) is 40.3 Å². The zero-order valence-corrected chi connectivity index (χ0v) is 22.2. The van der Waals surface area contributed by atoms with E-state index in [1.54, 1.807) is 11.4 Å². The van der Waals surface area contributed by atoms with Crippen molar-refractivity contribution < 1.29 is 18.0 Å².